The topological polar surface area (TPSA) is 18.5 Å². The molecule has 21 heavy (non-hydrogen) atoms. The summed E-state index contributed by atoms with van der Waals surface area (Å²) in [5.41, 5.74) is 1.42. The van der Waals surface area contributed by atoms with Crippen LogP contribution in [0.4, 0.5) is 0 Å². The lowest BCUT2D eigenvalue weighted by Crippen LogP contribution is -2.06. The standard InChI is InChI=1S/C19H32O2/c1-3-5-6-7-8-9-10-11-18-12-14-19(15-13-18)21-17-16-20-4-2/h12-15H,3-11,16-17H2,1-2H3. The third kappa shape index (κ3) is 9.52. The van der Waals surface area contributed by atoms with Crippen molar-refractivity contribution in [1.29, 1.82) is 0 Å². The Morgan fingerprint density at radius 3 is 2.10 bits per heavy atom. The summed E-state index contributed by atoms with van der Waals surface area (Å²) in [6.07, 6.45) is 10.8. The second-order valence-corrected chi connectivity index (χ2v) is 5.56. The van der Waals surface area contributed by atoms with Gasteiger partial charge in [0.05, 0.1) is 6.61 Å². The normalized spacial score (nSPS) is 10.8. The first kappa shape index (κ1) is 18.0. The van der Waals surface area contributed by atoms with Gasteiger partial charge in [0.15, 0.2) is 0 Å². The van der Waals surface area contributed by atoms with E-state index >= 15 is 0 Å². The molecule has 2 nitrogen and oxygen atoms in total. The van der Waals surface area contributed by atoms with Gasteiger partial charge in [-0.05, 0) is 37.5 Å². The van der Waals surface area contributed by atoms with Crippen molar-refractivity contribution in [2.24, 2.45) is 0 Å². The Labute approximate surface area is 130 Å². The van der Waals surface area contributed by atoms with Gasteiger partial charge < -0.3 is 9.47 Å². The maximum Gasteiger partial charge on any atom is 0.119 e. The smallest absolute Gasteiger partial charge is 0.119 e. The summed E-state index contributed by atoms with van der Waals surface area (Å²) < 4.78 is 10.9. The van der Waals surface area contributed by atoms with E-state index in [1.54, 1.807) is 0 Å². The molecular formula is C19H32O2. The van der Waals surface area contributed by atoms with Crippen molar-refractivity contribution < 1.29 is 9.47 Å². The average molecular weight is 292 g/mol. The summed E-state index contributed by atoms with van der Waals surface area (Å²) >= 11 is 0. The molecule has 0 spiro atoms. The maximum atomic E-state index is 5.62. The summed E-state index contributed by atoms with van der Waals surface area (Å²) in [6, 6.07) is 8.52. The molecule has 0 amide bonds. The molecule has 0 unspecified atom stereocenters. The Hall–Kier alpha value is -1.02. The van der Waals surface area contributed by atoms with E-state index < -0.39 is 0 Å². The van der Waals surface area contributed by atoms with Crippen LogP contribution in [0.2, 0.25) is 0 Å². The second-order valence-electron chi connectivity index (χ2n) is 5.56. The number of hydrogen-bond donors (Lipinski definition) is 0. The Bertz CT molecular complexity index is 332. The van der Waals surface area contributed by atoms with E-state index in [9.17, 15) is 0 Å². The molecule has 1 rings (SSSR count). The van der Waals surface area contributed by atoms with Gasteiger partial charge in [-0.3, -0.25) is 0 Å². The van der Waals surface area contributed by atoms with Crippen molar-refractivity contribution in [3.05, 3.63) is 29.8 Å². The van der Waals surface area contributed by atoms with Crippen LogP contribution in [-0.2, 0) is 11.2 Å². The number of rotatable bonds is 13. The Morgan fingerprint density at radius 2 is 1.43 bits per heavy atom. The highest BCUT2D eigenvalue weighted by atomic mass is 16.5. The average Bonchev–Trinajstić information content (AvgIpc) is 2.52. The van der Waals surface area contributed by atoms with Crippen molar-refractivity contribution in [2.75, 3.05) is 19.8 Å². The van der Waals surface area contributed by atoms with Crippen LogP contribution in [0.5, 0.6) is 5.75 Å². The van der Waals surface area contributed by atoms with Gasteiger partial charge in [-0.15, -0.1) is 0 Å². The molecule has 0 radical (unpaired) electrons. The van der Waals surface area contributed by atoms with Gasteiger partial charge in [0.25, 0.3) is 0 Å². The minimum absolute atomic E-state index is 0.630. The van der Waals surface area contributed by atoms with Crippen molar-refractivity contribution in [2.45, 2.75) is 65.2 Å². The summed E-state index contributed by atoms with van der Waals surface area (Å²) in [5.74, 6) is 0.943. The van der Waals surface area contributed by atoms with Crippen LogP contribution in [0, 0.1) is 0 Å². The molecule has 1 aromatic carbocycles. The summed E-state index contributed by atoms with van der Waals surface area (Å²) in [4.78, 5) is 0. The van der Waals surface area contributed by atoms with Crippen molar-refractivity contribution in [1.82, 2.24) is 0 Å². The molecule has 0 bridgehead atoms. The van der Waals surface area contributed by atoms with Gasteiger partial charge in [0.2, 0.25) is 0 Å². The van der Waals surface area contributed by atoms with Gasteiger partial charge in [-0.2, -0.15) is 0 Å². The predicted molar refractivity (Wildman–Crippen MR) is 90.1 cm³/mol. The molecule has 0 N–H and O–H groups in total. The highest BCUT2D eigenvalue weighted by molar-refractivity contribution is 5.27. The predicted octanol–water partition coefficient (Wildman–Crippen LogP) is 5.40. The molecular weight excluding hydrogens is 260 g/mol. The van der Waals surface area contributed by atoms with E-state index in [4.69, 9.17) is 9.47 Å². The maximum absolute atomic E-state index is 5.62. The Balaban J connectivity index is 2.07. The number of ether oxygens (including phenoxy) is 2. The van der Waals surface area contributed by atoms with E-state index in [-0.39, 0.29) is 0 Å². The van der Waals surface area contributed by atoms with E-state index in [0.717, 1.165) is 12.4 Å². The molecule has 0 fully saturated rings. The Kier molecular flexibility index (Phi) is 10.9. The lowest BCUT2D eigenvalue weighted by Gasteiger charge is -2.07. The number of benzene rings is 1. The van der Waals surface area contributed by atoms with Gasteiger partial charge >= 0.3 is 0 Å². The minimum atomic E-state index is 0.630. The fourth-order valence-corrected chi connectivity index (χ4v) is 2.40. The van der Waals surface area contributed by atoms with Crippen LogP contribution in [0.1, 0.15) is 64.4 Å². The number of unbranched alkanes of at least 4 members (excludes halogenated alkanes) is 6. The molecule has 0 aliphatic heterocycles. The highest BCUT2D eigenvalue weighted by Crippen LogP contribution is 2.15. The molecule has 0 heterocycles. The molecule has 0 aliphatic carbocycles. The molecule has 120 valence electrons. The first-order valence-corrected chi connectivity index (χ1v) is 8.66. The molecule has 2 heteroatoms. The summed E-state index contributed by atoms with van der Waals surface area (Å²) in [5, 5.41) is 0. The second kappa shape index (κ2) is 12.7. The van der Waals surface area contributed by atoms with E-state index in [2.05, 4.69) is 31.2 Å². The lowest BCUT2D eigenvalue weighted by atomic mass is 10.0. The van der Waals surface area contributed by atoms with Crippen molar-refractivity contribution in [3.63, 3.8) is 0 Å². The fourth-order valence-electron chi connectivity index (χ4n) is 2.40. The lowest BCUT2D eigenvalue weighted by molar-refractivity contribution is 0.110. The number of hydrogen-bond acceptors (Lipinski definition) is 2. The van der Waals surface area contributed by atoms with Crippen molar-refractivity contribution in [3.8, 4) is 5.75 Å². The van der Waals surface area contributed by atoms with Crippen LogP contribution in [0.15, 0.2) is 24.3 Å². The fraction of sp³-hybridized carbons (Fsp3) is 0.684. The van der Waals surface area contributed by atoms with Gasteiger partial charge in [-0.25, -0.2) is 0 Å². The highest BCUT2D eigenvalue weighted by Gasteiger charge is 1.97. The first-order chi connectivity index (χ1) is 10.4. The third-order valence-electron chi connectivity index (χ3n) is 3.69. The molecule has 0 aliphatic rings. The number of aryl methyl sites for hydroxylation is 1. The quantitative estimate of drug-likeness (QED) is 0.453. The zero-order chi connectivity index (χ0) is 15.2. The molecule has 0 atom stereocenters. The largest absolute Gasteiger partial charge is 0.491 e. The molecule has 1 aromatic rings. The third-order valence-corrected chi connectivity index (χ3v) is 3.69. The van der Waals surface area contributed by atoms with Gasteiger partial charge in [0.1, 0.15) is 12.4 Å². The zero-order valence-corrected chi connectivity index (χ0v) is 13.9. The monoisotopic (exact) mass is 292 g/mol. The summed E-state index contributed by atoms with van der Waals surface area (Å²) in [6.45, 7) is 6.31. The minimum Gasteiger partial charge on any atom is -0.491 e. The first-order valence-electron chi connectivity index (χ1n) is 8.66. The molecule has 0 saturated heterocycles. The Morgan fingerprint density at radius 1 is 0.762 bits per heavy atom. The zero-order valence-electron chi connectivity index (χ0n) is 13.9. The van der Waals surface area contributed by atoms with Crippen molar-refractivity contribution >= 4 is 0 Å². The molecule has 0 aromatic heterocycles. The SMILES string of the molecule is CCCCCCCCCc1ccc(OCCOCC)cc1. The van der Waals surface area contributed by atoms with Gasteiger partial charge in [0, 0.05) is 6.61 Å². The van der Waals surface area contributed by atoms with Crippen LogP contribution in [-0.4, -0.2) is 19.8 Å². The molecule has 0 saturated carbocycles. The summed E-state index contributed by atoms with van der Waals surface area (Å²) in [7, 11) is 0. The van der Waals surface area contributed by atoms with Crippen LogP contribution < -0.4 is 4.74 Å². The van der Waals surface area contributed by atoms with Gasteiger partial charge in [-0.1, -0.05) is 57.6 Å². The van der Waals surface area contributed by atoms with E-state index in [0.29, 0.717) is 13.2 Å². The van der Waals surface area contributed by atoms with Crippen LogP contribution in [0.25, 0.3) is 0 Å². The van der Waals surface area contributed by atoms with E-state index in [1.165, 1.54) is 56.9 Å². The van der Waals surface area contributed by atoms with Crippen LogP contribution >= 0.6 is 0 Å². The van der Waals surface area contributed by atoms with Crippen LogP contribution in [0.3, 0.4) is 0 Å². The van der Waals surface area contributed by atoms with E-state index in [1.807, 2.05) is 6.92 Å².